The Balaban J connectivity index is 1.91. The molecule has 1 aromatic carbocycles. The second-order valence-corrected chi connectivity index (χ2v) is 10.2. The molecule has 0 bridgehead atoms. The minimum atomic E-state index is -0.674. The topological polar surface area (TPSA) is 70.8 Å². The number of aliphatic hydroxyl groups excluding tert-OH is 1. The summed E-state index contributed by atoms with van der Waals surface area (Å²) in [5, 5.41) is 13.4. The number of thiophene rings is 1. The van der Waals surface area contributed by atoms with Crippen LogP contribution in [0.25, 0.3) is 5.76 Å². The van der Waals surface area contributed by atoms with E-state index in [2.05, 4.69) is 20.8 Å². The fourth-order valence-electron chi connectivity index (χ4n) is 4.04. The van der Waals surface area contributed by atoms with Crippen molar-refractivity contribution < 1.29 is 19.1 Å². The molecule has 32 heavy (non-hydrogen) atoms. The molecule has 1 aliphatic rings. The monoisotopic (exact) mass is 449 g/mol. The molecule has 3 heterocycles. The minimum Gasteiger partial charge on any atom is -0.507 e. The Morgan fingerprint density at radius 1 is 1.12 bits per heavy atom. The summed E-state index contributed by atoms with van der Waals surface area (Å²) in [6, 6.07) is 10.7. The van der Waals surface area contributed by atoms with Crippen molar-refractivity contribution in [3.63, 3.8) is 0 Å². The number of carbonyl (C=O) groups excluding carboxylic acids is 2. The van der Waals surface area contributed by atoms with E-state index in [1.54, 1.807) is 18.4 Å². The maximum atomic E-state index is 13.2. The van der Waals surface area contributed by atoms with E-state index in [4.69, 9.17) is 4.42 Å². The highest BCUT2D eigenvalue weighted by Gasteiger charge is 2.47. The number of hydrogen-bond donors (Lipinski definition) is 1. The van der Waals surface area contributed by atoms with Crippen LogP contribution in [0, 0.1) is 13.8 Å². The van der Waals surface area contributed by atoms with Crippen LogP contribution in [-0.2, 0) is 21.5 Å². The Hall–Kier alpha value is -3.12. The number of ketones is 1. The van der Waals surface area contributed by atoms with Crippen molar-refractivity contribution in [3.8, 4) is 0 Å². The Morgan fingerprint density at radius 3 is 2.47 bits per heavy atom. The van der Waals surface area contributed by atoms with Crippen LogP contribution in [0.4, 0.5) is 0 Å². The summed E-state index contributed by atoms with van der Waals surface area (Å²) in [5.41, 5.74) is 3.43. The molecule has 1 unspecified atom stereocenters. The van der Waals surface area contributed by atoms with Gasteiger partial charge in [-0.25, -0.2) is 0 Å². The number of likely N-dealkylation sites (tertiary alicyclic amines) is 1. The number of aliphatic hydroxyl groups is 1. The summed E-state index contributed by atoms with van der Waals surface area (Å²) < 4.78 is 5.45. The molecule has 1 N–H and O–H groups in total. The number of benzene rings is 1. The molecule has 3 aromatic rings. The molecule has 1 aliphatic heterocycles. The predicted octanol–water partition coefficient (Wildman–Crippen LogP) is 5.88. The number of amides is 1. The van der Waals surface area contributed by atoms with Crippen LogP contribution in [0.3, 0.4) is 0 Å². The maximum Gasteiger partial charge on any atom is 0.296 e. The third-order valence-electron chi connectivity index (χ3n) is 5.96. The smallest absolute Gasteiger partial charge is 0.296 e. The van der Waals surface area contributed by atoms with Gasteiger partial charge in [-0.3, -0.25) is 9.59 Å². The van der Waals surface area contributed by atoms with Gasteiger partial charge in [0.15, 0.2) is 0 Å². The minimum absolute atomic E-state index is 0.126. The van der Waals surface area contributed by atoms with Gasteiger partial charge in [0.2, 0.25) is 0 Å². The molecule has 0 aliphatic carbocycles. The Labute approximate surface area is 192 Å². The second-order valence-electron chi connectivity index (χ2n) is 9.25. The Bertz CT molecular complexity index is 1210. The van der Waals surface area contributed by atoms with Gasteiger partial charge in [-0.1, -0.05) is 32.9 Å². The summed E-state index contributed by atoms with van der Waals surface area (Å²) >= 11 is 1.47. The van der Waals surface area contributed by atoms with E-state index in [1.165, 1.54) is 16.2 Å². The van der Waals surface area contributed by atoms with Gasteiger partial charge in [0.25, 0.3) is 11.7 Å². The van der Waals surface area contributed by atoms with Gasteiger partial charge < -0.3 is 14.4 Å². The molecular weight excluding hydrogens is 422 g/mol. The van der Waals surface area contributed by atoms with Gasteiger partial charge in [-0.2, -0.15) is 0 Å². The van der Waals surface area contributed by atoms with Crippen molar-refractivity contribution in [3.05, 3.63) is 86.5 Å². The summed E-state index contributed by atoms with van der Waals surface area (Å²) in [4.78, 5) is 28.7. The molecule has 0 radical (unpaired) electrons. The quantitative estimate of drug-likeness (QED) is 0.307. The molecule has 1 atom stereocenters. The molecule has 1 amide bonds. The van der Waals surface area contributed by atoms with Crippen LogP contribution in [0.1, 0.15) is 59.7 Å². The lowest BCUT2D eigenvalue weighted by molar-refractivity contribution is -0.140. The third kappa shape index (κ3) is 3.79. The third-order valence-corrected chi connectivity index (χ3v) is 7.03. The molecule has 6 heteroatoms. The second kappa shape index (κ2) is 8.10. The number of nitrogens with zero attached hydrogens (tertiary/aromatic N) is 1. The van der Waals surface area contributed by atoms with E-state index >= 15 is 0 Å². The number of furan rings is 1. The zero-order chi connectivity index (χ0) is 23.2. The fourth-order valence-corrected chi connectivity index (χ4v) is 5.09. The van der Waals surface area contributed by atoms with Gasteiger partial charge >= 0.3 is 0 Å². The van der Waals surface area contributed by atoms with Crippen molar-refractivity contribution in [2.45, 2.75) is 52.6 Å². The molecule has 5 nitrogen and oxygen atoms in total. The highest BCUT2D eigenvalue weighted by Crippen LogP contribution is 2.44. The first-order chi connectivity index (χ1) is 15.1. The average molecular weight is 450 g/mol. The zero-order valence-electron chi connectivity index (χ0n) is 18.9. The van der Waals surface area contributed by atoms with E-state index in [0.29, 0.717) is 11.3 Å². The van der Waals surface area contributed by atoms with Gasteiger partial charge in [0.05, 0.1) is 18.4 Å². The normalized spacial score (nSPS) is 18.5. The number of Topliss-reactive ketones (excluding diaryl/α,β-unsaturated/α-hetero) is 1. The van der Waals surface area contributed by atoms with Crippen molar-refractivity contribution in [2.24, 2.45) is 0 Å². The van der Waals surface area contributed by atoms with Crippen molar-refractivity contribution in [1.82, 2.24) is 4.90 Å². The number of hydrogen-bond acceptors (Lipinski definition) is 5. The van der Waals surface area contributed by atoms with E-state index in [9.17, 15) is 14.7 Å². The number of rotatable bonds is 4. The standard InChI is InChI=1S/C26H27NO4S/c1-15-8-9-17(26(3,4)5)13-19(15)22(28)20-21(24-16(2)10-12-32-24)27(25(30)23(20)29)14-18-7-6-11-31-18/h6-13,21,28H,14H2,1-5H3/b22-20+. The van der Waals surface area contributed by atoms with Crippen molar-refractivity contribution in [1.29, 1.82) is 0 Å². The Morgan fingerprint density at radius 2 is 1.88 bits per heavy atom. The SMILES string of the molecule is Cc1ccc(C(C)(C)C)cc1/C(O)=C1\C(=O)C(=O)N(Cc2ccco2)C1c1sccc1C. The van der Waals surface area contributed by atoms with Crippen molar-refractivity contribution >= 4 is 28.8 Å². The van der Waals surface area contributed by atoms with E-state index in [-0.39, 0.29) is 23.3 Å². The molecule has 2 aromatic heterocycles. The fraction of sp³-hybridized carbons (Fsp3) is 0.308. The van der Waals surface area contributed by atoms with E-state index in [0.717, 1.165) is 21.6 Å². The Kier molecular flexibility index (Phi) is 5.59. The first-order valence-corrected chi connectivity index (χ1v) is 11.4. The highest BCUT2D eigenvalue weighted by molar-refractivity contribution is 7.10. The molecule has 1 fully saturated rings. The van der Waals surface area contributed by atoms with Crippen molar-refractivity contribution in [2.75, 3.05) is 0 Å². The molecule has 1 saturated heterocycles. The average Bonchev–Trinajstić information content (AvgIpc) is 3.44. The largest absolute Gasteiger partial charge is 0.507 e. The first kappa shape index (κ1) is 22.1. The van der Waals surface area contributed by atoms with Gasteiger partial charge in [0, 0.05) is 10.4 Å². The summed E-state index contributed by atoms with van der Waals surface area (Å²) in [7, 11) is 0. The van der Waals surface area contributed by atoms with Crippen LogP contribution in [0.2, 0.25) is 0 Å². The first-order valence-electron chi connectivity index (χ1n) is 10.6. The lowest BCUT2D eigenvalue weighted by Gasteiger charge is -2.24. The highest BCUT2D eigenvalue weighted by atomic mass is 32.1. The molecule has 166 valence electrons. The molecule has 0 saturated carbocycles. The van der Waals surface area contributed by atoms with Crippen LogP contribution in [-0.4, -0.2) is 21.7 Å². The predicted molar refractivity (Wildman–Crippen MR) is 125 cm³/mol. The lowest BCUT2D eigenvalue weighted by atomic mass is 9.84. The lowest BCUT2D eigenvalue weighted by Crippen LogP contribution is -2.28. The van der Waals surface area contributed by atoms with Gasteiger partial charge in [-0.15, -0.1) is 11.3 Å². The van der Waals surface area contributed by atoms with Crippen LogP contribution >= 0.6 is 11.3 Å². The summed E-state index contributed by atoms with van der Waals surface area (Å²) in [6.45, 7) is 10.3. The van der Waals surface area contributed by atoms with E-state index in [1.807, 2.05) is 43.5 Å². The van der Waals surface area contributed by atoms with Gasteiger partial charge in [-0.05, 0) is 65.6 Å². The number of aryl methyl sites for hydroxylation is 2. The number of carbonyl (C=O) groups is 2. The zero-order valence-corrected chi connectivity index (χ0v) is 19.7. The molecule has 0 spiro atoms. The maximum absolute atomic E-state index is 13.2. The van der Waals surface area contributed by atoms with Gasteiger partial charge in [0.1, 0.15) is 17.6 Å². The van der Waals surface area contributed by atoms with Crippen LogP contribution in [0.15, 0.2) is 58.0 Å². The van der Waals surface area contributed by atoms with E-state index < -0.39 is 17.7 Å². The molecule has 4 rings (SSSR count). The summed E-state index contributed by atoms with van der Waals surface area (Å²) in [5.74, 6) is -0.860. The molecular formula is C26H27NO4S. The van der Waals surface area contributed by atoms with Crippen LogP contribution in [0.5, 0.6) is 0 Å². The van der Waals surface area contributed by atoms with Crippen LogP contribution < -0.4 is 0 Å². The summed E-state index contributed by atoms with van der Waals surface area (Å²) in [6.07, 6.45) is 1.54.